The maximum absolute atomic E-state index is 14.3. The first-order chi connectivity index (χ1) is 15.7. The third-order valence-electron chi connectivity index (χ3n) is 6.78. The predicted octanol–water partition coefficient (Wildman–Crippen LogP) is 2.34. The number of nitrogens with two attached hydrogens (primary N) is 1. The highest BCUT2D eigenvalue weighted by Gasteiger charge is 2.43. The smallest absolute Gasteiger partial charge is 0.251 e. The zero-order chi connectivity index (χ0) is 23.9. The van der Waals surface area contributed by atoms with Gasteiger partial charge in [0.15, 0.2) is 5.82 Å². The Morgan fingerprint density at radius 3 is 2.48 bits per heavy atom. The first kappa shape index (κ1) is 22.9. The summed E-state index contributed by atoms with van der Waals surface area (Å²) in [6.07, 6.45) is 5.35. The van der Waals surface area contributed by atoms with Gasteiger partial charge in [-0.15, -0.1) is 0 Å². The highest BCUT2D eigenvalue weighted by atomic mass is 19.1. The summed E-state index contributed by atoms with van der Waals surface area (Å²) in [6.45, 7) is 1.72. The Labute approximate surface area is 191 Å². The van der Waals surface area contributed by atoms with Gasteiger partial charge in [0.2, 0.25) is 12.4 Å². The van der Waals surface area contributed by atoms with Gasteiger partial charge in [-0.3, -0.25) is 14.5 Å². The molecule has 2 unspecified atom stereocenters. The number of benzene rings is 1. The van der Waals surface area contributed by atoms with E-state index in [1.54, 1.807) is 18.0 Å². The maximum atomic E-state index is 14.3. The average Bonchev–Trinajstić information content (AvgIpc) is 3.28. The lowest BCUT2D eigenvalue weighted by Crippen LogP contribution is -2.35. The van der Waals surface area contributed by atoms with Crippen LogP contribution in [0.3, 0.4) is 0 Å². The van der Waals surface area contributed by atoms with E-state index < -0.39 is 11.7 Å². The molecule has 2 atom stereocenters. The van der Waals surface area contributed by atoms with E-state index in [1.807, 2.05) is 19.0 Å². The summed E-state index contributed by atoms with van der Waals surface area (Å²) in [5.41, 5.74) is 6.70. The van der Waals surface area contributed by atoms with E-state index in [2.05, 4.69) is 15.3 Å². The van der Waals surface area contributed by atoms with Crippen LogP contribution < -0.4 is 20.9 Å². The van der Waals surface area contributed by atoms with Gasteiger partial charge >= 0.3 is 0 Å². The molecule has 9 nitrogen and oxygen atoms in total. The lowest BCUT2D eigenvalue weighted by atomic mass is 10.0. The Morgan fingerprint density at radius 2 is 1.91 bits per heavy atom. The van der Waals surface area contributed by atoms with Crippen LogP contribution >= 0.6 is 0 Å². The molecule has 10 heteroatoms. The third kappa shape index (κ3) is 4.47. The van der Waals surface area contributed by atoms with Crippen LogP contribution in [0.25, 0.3) is 0 Å². The van der Waals surface area contributed by atoms with E-state index in [0.717, 1.165) is 32.1 Å². The van der Waals surface area contributed by atoms with Crippen LogP contribution in [0.4, 0.5) is 27.5 Å². The van der Waals surface area contributed by atoms with Crippen LogP contribution in [0, 0.1) is 24.6 Å². The van der Waals surface area contributed by atoms with Crippen LogP contribution in [0.1, 0.15) is 41.6 Å². The zero-order valence-corrected chi connectivity index (χ0v) is 19.0. The summed E-state index contributed by atoms with van der Waals surface area (Å²) in [4.78, 5) is 36.0. The number of rotatable bonds is 7. The topological polar surface area (TPSA) is 125 Å². The number of fused-ring (bicyclic) bond motifs is 1. The van der Waals surface area contributed by atoms with Crippen molar-refractivity contribution in [2.75, 3.05) is 29.2 Å². The average molecular weight is 457 g/mol. The number of anilines is 4. The van der Waals surface area contributed by atoms with Gasteiger partial charge in [-0.2, -0.15) is 4.98 Å². The normalized spacial score (nSPS) is 23.8. The molecule has 2 amide bonds. The fourth-order valence-electron chi connectivity index (χ4n) is 5.15. The Morgan fingerprint density at radius 1 is 1.24 bits per heavy atom. The minimum atomic E-state index is -0.841. The van der Waals surface area contributed by atoms with Crippen molar-refractivity contribution in [1.29, 1.82) is 0 Å². The zero-order valence-electron chi connectivity index (χ0n) is 19.0. The van der Waals surface area contributed by atoms with Gasteiger partial charge in [0.05, 0.1) is 23.6 Å². The minimum absolute atomic E-state index is 0.0134. The highest BCUT2D eigenvalue weighted by Crippen LogP contribution is 2.46. The number of halogens is 1. The molecule has 2 fully saturated rings. The number of hydrogen-bond acceptors (Lipinski definition) is 7. The number of primary amides is 1. The molecule has 4 N–H and O–H groups in total. The van der Waals surface area contributed by atoms with Gasteiger partial charge in [-0.1, -0.05) is 0 Å². The predicted molar refractivity (Wildman–Crippen MR) is 123 cm³/mol. The van der Waals surface area contributed by atoms with Crippen molar-refractivity contribution in [1.82, 2.24) is 9.97 Å². The molecule has 4 rings (SSSR count). The van der Waals surface area contributed by atoms with E-state index in [1.165, 1.54) is 12.1 Å². The first-order valence-corrected chi connectivity index (χ1v) is 11.0. The number of aliphatic hydroxyl groups excluding tert-OH is 1. The molecule has 0 aliphatic heterocycles. The summed E-state index contributed by atoms with van der Waals surface area (Å²) in [6, 6.07) is 2.54. The minimum Gasteiger partial charge on any atom is -0.393 e. The number of carbonyl (C=O) groups excluding carboxylic acids is 2. The molecule has 2 aliphatic rings. The second-order valence-corrected chi connectivity index (χ2v) is 9.22. The standard InChI is InChI=1S/C23H29FN6O3/c1-12-4-17(21(25)33)18(24)9-19(12)27-23-26-10-20(29(2)3)22(28-23)30(11-31)15-5-13-7-16(32)8-14(13)6-15/h4,9-11,13-16,32H,5-8H2,1-3H3,(H2,25,33)(H,26,27,28). The number of nitrogens with one attached hydrogen (secondary N) is 1. The summed E-state index contributed by atoms with van der Waals surface area (Å²) in [7, 11) is 3.69. The van der Waals surface area contributed by atoms with Crippen LogP contribution in [0.15, 0.2) is 18.3 Å². The monoisotopic (exact) mass is 456 g/mol. The quantitative estimate of drug-likeness (QED) is 0.546. The molecule has 33 heavy (non-hydrogen) atoms. The highest BCUT2D eigenvalue weighted by molar-refractivity contribution is 5.94. The SMILES string of the molecule is Cc1cc(C(N)=O)c(F)cc1Nc1ncc(N(C)C)c(N(C=O)C2CC3CC(O)CC3C2)n1. The third-order valence-corrected chi connectivity index (χ3v) is 6.78. The van der Waals surface area contributed by atoms with Crippen LogP contribution in [-0.4, -0.2) is 53.6 Å². The van der Waals surface area contributed by atoms with Crippen molar-refractivity contribution in [3.63, 3.8) is 0 Å². The Bertz CT molecular complexity index is 1060. The second kappa shape index (κ2) is 8.93. The summed E-state index contributed by atoms with van der Waals surface area (Å²) >= 11 is 0. The molecule has 2 saturated carbocycles. The molecule has 1 aromatic carbocycles. The molecule has 2 aromatic rings. The van der Waals surface area contributed by atoms with Gasteiger partial charge in [-0.05, 0) is 62.1 Å². The maximum Gasteiger partial charge on any atom is 0.251 e. The number of nitrogens with zero attached hydrogens (tertiary/aromatic N) is 4. The molecule has 1 aromatic heterocycles. The molecular weight excluding hydrogens is 427 g/mol. The van der Waals surface area contributed by atoms with Gasteiger partial charge < -0.3 is 21.1 Å². The Kier molecular flexibility index (Phi) is 6.20. The number of hydrogen-bond donors (Lipinski definition) is 3. The molecule has 0 spiro atoms. The lowest BCUT2D eigenvalue weighted by molar-refractivity contribution is -0.107. The van der Waals surface area contributed by atoms with Gasteiger partial charge in [-0.25, -0.2) is 9.37 Å². The van der Waals surface area contributed by atoms with Crippen LogP contribution in [0.2, 0.25) is 0 Å². The van der Waals surface area contributed by atoms with Crippen molar-refractivity contribution in [2.45, 2.75) is 44.8 Å². The molecule has 0 radical (unpaired) electrons. The van der Waals surface area contributed by atoms with E-state index in [-0.39, 0.29) is 23.7 Å². The fraction of sp³-hybridized carbons (Fsp3) is 0.478. The van der Waals surface area contributed by atoms with Gasteiger partial charge in [0.1, 0.15) is 5.82 Å². The molecule has 0 bridgehead atoms. The molecule has 2 aliphatic carbocycles. The molecule has 0 saturated heterocycles. The van der Waals surface area contributed by atoms with Crippen molar-refractivity contribution in [3.05, 3.63) is 35.3 Å². The van der Waals surface area contributed by atoms with Crippen LogP contribution in [0.5, 0.6) is 0 Å². The largest absolute Gasteiger partial charge is 0.393 e. The second-order valence-electron chi connectivity index (χ2n) is 9.22. The molecule has 1 heterocycles. The van der Waals surface area contributed by atoms with E-state index in [0.29, 0.717) is 34.6 Å². The molecular formula is C23H29FN6O3. The number of carbonyl (C=O) groups is 2. The summed E-state index contributed by atoms with van der Waals surface area (Å²) < 4.78 is 14.3. The first-order valence-electron chi connectivity index (χ1n) is 11.0. The number of amides is 2. The molecule has 176 valence electrons. The summed E-state index contributed by atoms with van der Waals surface area (Å²) in [5, 5.41) is 12.9. The van der Waals surface area contributed by atoms with Crippen molar-refractivity contribution < 1.29 is 19.1 Å². The van der Waals surface area contributed by atoms with Crippen molar-refractivity contribution in [3.8, 4) is 0 Å². The van der Waals surface area contributed by atoms with E-state index in [4.69, 9.17) is 5.73 Å². The number of aromatic nitrogens is 2. The Balaban J connectivity index is 1.64. The van der Waals surface area contributed by atoms with Crippen molar-refractivity contribution >= 4 is 35.5 Å². The van der Waals surface area contributed by atoms with E-state index in [9.17, 15) is 19.1 Å². The van der Waals surface area contributed by atoms with Gasteiger partial charge in [0.25, 0.3) is 5.91 Å². The lowest BCUT2D eigenvalue weighted by Gasteiger charge is -2.28. The van der Waals surface area contributed by atoms with E-state index >= 15 is 0 Å². The Hall–Kier alpha value is -3.27. The van der Waals surface area contributed by atoms with Gasteiger partial charge in [0, 0.05) is 25.8 Å². The number of aryl methyl sites for hydroxylation is 1. The summed E-state index contributed by atoms with van der Waals surface area (Å²) in [5.74, 6) is -0.107. The van der Waals surface area contributed by atoms with Crippen molar-refractivity contribution in [2.24, 2.45) is 17.6 Å². The van der Waals surface area contributed by atoms with Crippen LogP contribution in [-0.2, 0) is 4.79 Å². The fourth-order valence-corrected chi connectivity index (χ4v) is 5.15. The number of aliphatic hydroxyl groups is 1.